The predicted octanol–water partition coefficient (Wildman–Crippen LogP) is 4.89. The average Bonchev–Trinajstić information content (AvgIpc) is 3.16. The van der Waals surface area contributed by atoms with Crippen LogP contribution in [0.1, 0.15) is 12.5 Å². The zero-order chi connectivity index (χ0) is 17.9. The highest BCUT2D eigenvalue weighted by atomic mass is 32.1. The van der Waals surface area contributed by atoms with Crippen molar-refractivity contribution in [3.63, 3.8) is 0 Å². The first-order valence-corrected chi connectivity index (χ1v) is 9.19. The summed E-state index contributed by atoms with van der Waals surface area (Å²) in [5.41, 5.74) is 4.62. The lowest BCUT2D eigenvalue weighted by Gasteiger charge is -2.07. The van der Waals surface area contributed by atoms with E-state index < -0.39 is 0 Å². The summed E-state index contributed by atoms with van der Waals surface area (Å²) in [6.45, 7) is 4.63. The number of nitrogens with zero attached hydrogens (tertiary/aromatic N) is 3. The third kappa shape index (κ3) is 3.36. The van der Waals surface area contributed by atoms with E-state index in [-0.39, 0.29) is 0 Å². The first kappa shape index (κ1) is 16.5. The largest absolute Gasteiger partial charge is 0.494 e. The number of benzene rings is 2. The van der Waals surface area contributed by atoms with Crippen LogP contribution in [-0.2, 0) is 0 Å². The first-order chi connectivity index (χ1) is 12.7. The van der Waals surface area contributed by atoms with E-state index >= 15 is 0 Å². The van der Waals surface area contributed by atoms with Gasteiger partial charge in [-0.3, -0.25) is 0 Å². The summed E-state index contributed by atoms with van der Waals surface area (Å²) in [5, 5.41) is 10.2. The fraction of sp³-hybridized carbons (Fsp3) is 0.150. The molecule has 0 spiro atoms. The number of hydrogen-bond acceptors (Lipinski definition) is 6. The van der Waals surface area contributed by atoms with E-state index in [1.54, 1.807) is 5.51 Å². The molecule has 0 fully saturated rings. The third-order valence-corrected chi connectivity index (χ3v) is 4.51. The number of rotatable bonds is 4. The zero-order valence-electron chi connectivity index (χ0n) is 14.5. The monoisotopic (exact) mass is 363 g/mol. The third-order valence-electron chi connectivity index (χ3n) is 3.93. The smallest absolute Gasteiger partial charge is 0.231 e. The first-order valence-electron chi connectivity index (χ1n) is 8.31. The molecule has 6 heteroatoms. The van der Waals surface area contributed by atoms with Gasteiger partial charge in [-0.2, -0.15) is 0 Å². The fourth-order valence-corrected chi connectivity index (χ4v) is 3.11. The van der Waals surface area contributed by atoms with Gasteiger partial charge in [-0.15, -0.1) is 10.2 Å². The number of ether oxygens (including phenoxy) is 1. The molecule has 0 saturated heterocycles. The summed E-state index contributed by atoms with van der Waals surface area (Å²) in [5.74, 6) is 1.54. The van der Waals surface area contributed by atoms with Crippen LogP contribution in [0.4, 0.5) is 5.13 Å². The zero-order valence-corrected chi connectivity index (χ0v) is 15.3. The maximum absolute atomic E-state index is 6.13. The Morgan fingerprint density at radius 3 is 2.69 bits per heavy atom. The van der Waals surface area contributed by atoms with Crippen molar-refractivity contribution in [3.8, 4) is 17.1 Å². The van der Waals surface area contributed by atoms with Gasteiger partial charge in [0, 0.05) is 17.0 Å². The molecule has 4 rings (SSSR count). The van der Waals surface area contributed by atoms with Crippen LogP contribution in [0.15, 0.2) is 63.5 Å². The second-order valence-corrected chi connectivity index (χ2v) is 6.60. The maximum Gasteiger partial charge on any atom is 0.231 e. The van der Waals surface area contributed by atoms with Crippen LogP contribution in [0.25, 0.3) is 22.3 Å². The van der Waals surface area contributed by atoms with Crippen LogP contribution in [0.5, 0.6) is 5.75 Å². The van der Waals surface area contributed by atoms with E-state index in [4.69, 9.17) is 9.15 Å². The summed E-state index contributed by atoms with van der Waals surface area (Å²) in [6.07, 6.45) is 0. The average molecular weight is 363 g/mol. The molecule has 0 bridgehead atoms. The molecular formula is C20H17N3O2S. The topological polar surface area (TPSA) is 60.5 Å². The molecule has 0 aliphatic rings. The summed E-state index contributed by atoms with van der Waals surface area (Å²) >= 11 is 1.39. The van der Waals surface area contributed by atoms with E-state index in [2.05, 4.69) is 34.2 Å². The second-order valence-electron chi connectivity index (χ2n) is 5.79. The molecule has 0 aliphatic heterocycles. The highest BCUT2D eigenvalue weighted by Gasteiger charge is 2.08. The van der Waals surface area contributed by atoms with Crippen molar-refractivity contribution in [2.24, 2.45) is 4.99 Å². The SMILES string of the molecule is CCOc1ccc2oc(-c3ccc(C)cc3)c/c(=N\c3nncs3)c2c1. The minimum Gasteiger partial charge on any atom is -0.494 e. The van der Waals surface area contributed by atoms with E-state index in [1.807, 2.05) is 43.3 Å². The van der Waals surface area contributed by atoms with Crippen molar-refractivity contribution in [2.75, 3.05) is 6.61 Å². The predicted molar refractivity (Wildman–Crippen MR) is 103 cm³/mol. The molecule has 0 unspecified atom stereocenters. The quantitative estimate of drug-likeness (QED) is 0.518. The number of aryl methyl sites for hydroxylation is 1. The highest BCUT2D eigenvalue weighted by molar-refractivity contribution is 7.13. The van der Waals surface area contributed by atoms with Gasteiger partial charge in [0.1, 0.15) is 22.6 Å². The van der Waals surface area contributed by atoms with E-state index in [0.717, 1.165) is 33.4 Å². The van der Waals surface area contributed by atoms with Gasteiger partial charge >= 0.3 is 0 Å². The Morgan fingerprint density at radius 2 is 1.96 bits per heavy atom. The minimum atomic E-state index is 0.604. The molecule has 0 aliphatic carbocycles. The van der Waals surface area contributed by atoms with Crippen molar-refractivity contribution in [2.45, 2.75) is 13.8 Å². The normalized spacial score (nSPS) is 11.8. The molecule has 130 valence electrons. The Bertz CT molecular complexity index is 1100. The van der Waals surface area contributed by atoms with Gasteiger partial charge in [-0.05, 0) is 32.0 Å². The molecular weight excluding hydrogens is 346 g/mol. The van der Waals surface area contributed by atoms with Crippen molar-refractivity contribution < 1.29 is 9.15 Å². The van der Waals surface area contributed by atoms with Gasteiger partial charge in [0.05, 0.1) is 12.0 Å². The molecule has 2 aromatic heterocycles. The Kier molecular flexibility index (Phi) is 4.50. The summed E-state index contributed by atoms with van der Waals surface area (Å²) in [4.78, 5) is 4.66. The minimum absolute atomic E-state index is 0.604. The van der Waals surface area contributed by atoms with Gasteiger partial charge in [0.15, 0.2) is 0 Å². The van der Waals surface area contributed by atoms with Crippen molar-refractivity contribution >= 4 is 27.4 Å². The number of aromatic nitrogens is 2. The molecule has 0 N–H and O–H groups in total. The molecule has 5 nitrogen and oxygen atoms in total. The summed E-state index contributed by atoms with van der Waals surface area (Å²) in [6, 6.07) is 15.9. The summed E-state index contributed by atoms with van der Waals surface area (Å²) in [7, 11) is 0. The van der Waals surface area contributed by atoms with Gasteiger partial charge in [-0.25, -0.2) is 4.99 Å². The van der Waals surface area contributed by atoms with Crippen molar-refractivity contribution in [3.05, 3.63) is 65.0 Å². The number of fused-ring (bicyclic) bond motifs is 1. The molecule has 0 atom stereocenters. The van der Waals surface area contributed by atoms with Crippen LogP contribution in [-0.4, -0.2) is 16.8 Å². The van der Waals surface area contributed by atoms with E-state index in [0.29, 0.717) is 11.7 Å². The molecule has 0 radical (unpaired) electrons. The lowest BCUT2D eigenvalue weighted by molar-refractivity contribution is 0.340. The van der Waals surface area contributed by atoms with Crippen LogP contribution in [0, 0.1) is 6.92 Å². The van der Waals surface area contributed by atoms with Crippen LogP contribution >= 0.6 is 11.3 Å². The molecule has 0 saturated carbocycles. The van der Waals surface area contributed by atoms with Gasteiger partial charge in [0.2, 0.25) is 5.13 Å². The second kappa shape index (κ2) is 7.09. The molecule has 4 aromatic rings. The Labute approximate surface area is 154 Å². The van der Waals surface area contributed by atoms with Gasteiger partial charge < -0.3 is 9.15 Å². The fourth-order valence-electron chi connectivity index (χ4n) is 2.68. The lowest BCUT2D eigenvalue weighted by atomic mass is 10.1. The van der Waals surface area contributed by atoms with Gasteiger partial charge in [-0.1, -0.05) is 41.2 Å². The molecule has 0 amide bonds. The molecule has 26 heavy (non-hydrogen) atoms. The van der Waals surface area contributed by atoms with Crippen LogP contribution < -0.4 is 10.1 Å². The molecule has 2 heterocycles. The lowest BCUT2D eigenvalue weighted by Crippen LogP contribution is -2.04. The molecule has 2 aromatic carbocycles. The summed E-state index contributed by atoms with van der Waals surface area (Å²) < 4.78 is 11.8. The Morgan fingerprint density at radius 1 is 1.12 bits per heavy atom. The van der Waals surface area contributed by atoms with Crippen molar-refractivity contribution in [1.29, 1.82) is 0 Å². The number of hydrogen-bond donors (Lipinski definition) is 0. The highest BCUT2D eigenvalue weighted by Crippen LogP contribution is 2.25. The van der Waals surface area contributed by atoms with E-state index in [1.165, 1.54) is 16.9 Å². The van der Waals surface area contributed by atoms with Gasteiger partial charge in [0.25, 0.3) is 0 Å². The van der Waals surface area contributed by atoms with Crippen LogP contribution in [0.3, 0.4) is 0 Å². The Hall–Kier alpha value is -2.99. The Balaban J connectivity index is 1.96. The van der Waals surface area contributed by atoms with Crippen LogP contribution in [0.2, 0.25) is 0 Å². The maximum atomic E-state index is 6.13. The van der Waals surface area contributed by atoms with E-state index in [9.17, 15) is 0 Å². The van der Waals surface area contributed by atoms with Crippen molar-refractivity contribution in [1.82, 2.24) is 10.2 Å². The standard InChI is InChI=1S/C20H17N3O2S/c1-3-24-15-8-9-18-16(10-15)17(22-20-23-21-12-26-20)11-19(25-18)14-6-4-13(2)5-7-14/h4-12H,3H2,1-2H3/b22-17+.